The Labute approximate surface area is 84.8 Å². The van der Waals surface area contributed by atoms with E-state index in [4.69, 9.17) is 17.3 Å². The maximum Gasteiger partial charge on any atom is 0.183 e. The molecule has 0 saturated heterocycles. The normalized spacial score (nSPS) is 10.4. The Morgan fingerprint density at radius 1 is 1.43 bits per heavy atom. The van der Waals surface area contributed by atoms with Crippen LogP contribution in [0.3, 0.4) is 0 Å². The zero-order valence-corrected chi connectivity index (χ0v) is 8.10. The van der Waals surface area contributed by atoms with Crippen molar-refractivity contribution >= 4 is 17.4 Å². The van der Waals surface area contributed by atoms with Crippen molar-refractivity contribution in [2.45, 2.75) is 0 Å². The molecule has 0 aromatic carbocycles. The summed E-state index contributed by atoms with van der Waals surface area (Å²) in [5.41, 5.74) is 6.02. The third-order valence-electron chi connectivity index (χ3n) is 1.74. The summed E-state index contributed by atoms with van der Waals surface area (Å²) in [6, 6.07) is 0. The summed E-state index contributed by atoms with van der Waals surface area (Å²) in [5.74, 6) is 0.795. The molecule has 0 fully saturated rings. The van der Waals surface area contributed by atoms with Crippen LogP contribution in [0.5, 0.6) is 0 Å². The molecule has 0 amide bonds. The van der Waals surface area contributed by atoms with Crippen molar-refractivity contribution in [2.75, 3.05) is 5.73 Å². The van der Waals surface area contributed by atoms with Crippen LogP contribution in [0.2, 0.25) is 5.02 Å². The predicted molar refractivity (Wildman–Crippen MR) is 51.5 cm³/mol. The van der Waals surface area contributed by atoms with Gasteiger partial charge in [0.25, 0.3) is 0 Å². The molecule has 2 N–H and O–H groups in total. The van der Waals surface area contributed by atoms with Gasteiger partial charge < -0.3 is 10.3 Å². The van der Waals surface area contributed by atoms with E-state index >= 15 is 0 Å². The van der Waals surface area contributed by atoms with E-state index in [1.54, 1.807) is 17.9 Å². The van der Waals surface area contributed by atoms with E-state index < -0.39 is 0 Å². The fourth-order valence-corrected chi connectivity index (χ4v) is 1.22. The van der Waals surface area contributed by atoms with Crippen LogP contribution >= 0.6 is 11.6 Å². The first kappa shape index (κ1) is 8.89. The average molecular weight is 211 g/mol. The number of nitrogens with two attached hydrogens (primary N) is 1. The van der Waals surface area contributed by atoms with E-state index in [0.717, 1.165) is 0 Å². The van der Waals surface area contributed by atoms with Gasteiger partial charge in [0.2, 0.25) is 0 Å². The molecule has 2 aromatic heterocycles. The second kappa shape index (κ2) is 3.22. The van der Waals surface area contributed by atoms with Crippen LogP contribution in [0.4, 0.5) is 5.82 Å². The van der Waals surface area contributed by atoms with E-state index in [0.29, 0.717) is 16.5 Å². The molecule has 7 heteroatoms. The Kier molecular flexibility index (Phi) is 2.05. The largest absolute Gasteiger partial charge is 0.382 e. The highest BCUT2D eigenvalue weighted by Gasteiger charge is 2.13. The molecule has 0 aliphatic carbocycles. The van der Waals surface area contributed by atoms with Crippen LogP contribution in [-0.4, -0.2) is 24.7 Å². The van der Waals surface area contributed by atoms with Gasteiger partial charge >= 0.3 is 0 Å². The summed E-state index contributed by atoms with van der Waals surface area (Å²) in [5, 5.41) is 7.89. The molecule has 0 aliphatic rings. The van der Waals surface area contributed by atoms with Gasteiger partial charge in [-0.3, -0.25) is 0 Å². The Balaban J connectivity index is 2.63. The monoisotopic (exact) mass is 210 g/mol. The van der Waals surface area contributed by atoms with Crippen LogP contribution < -0.4 is 5.73 Å². The molecular formula is C7H7ClN6. The minimum Gasteiger partial charge on any atom is -0.382 e. The van der Waals surface area contributed by atoms with Gasteiger partial charge in [0.1, 0.15) is 29.2 Å². The first-order chi connectivity index (χ1) is 6.70. The lowest BCUT2D eigenvalue weighted by molar-refractivity contribution is 0.912. The third-order valence-corrected chi connectivity index (χ3v) is 2.11. The fourth-order valence-electron chi connectivity index (χ4n) is 1.04. The molecule has 0 saturated carbocycles. The molecule has 2 heterocycles. The quantitative estimate of drug-likeness (QED) is 0.742. The van der Waals surface area contributed by atoms with E-state index in [2.05, 4.69) is 20.2 Å². The van der Waals surface area contributed by atoms with E-state index in [1.165, 1.54) is 6.33 Å². The molecule has 0 atom stereocenters. The molecule has 0 bridgehead atoms. The summed E-state index contributed by atoms with van der Waals surface area (Å²) in [7, 11) is 1.80. The lowest BCUT2D eigenvalue weighted by atomic mass is 10.3. The minimum absolute atomic E-state index is 0.236. The molecule has 0 spiro atoms. The predicted octanol–water partition coefficient (Wildman–Crippen LogP) is 0.508. The summed E-state index contributed by atoms with van der Waals surface area (Å²) >= 11 is 5.93. The Morgan fingerprint density at radius 3 is 2.86 bits per heavy atom. The van der Waals surface area contributed by atoms with Gasteiger partial charge in [-0.15, -0.1) is 10.2 Å². The van der Waals surface area contributed by atoms with Crippen LogP contribution in [-0.2, 0) is 7.05 Å². The molecule has 6 nitrogen and oxygen atoms in total. The van der Waals surface area contributed by atoms with Crippen LogP contribution in [0.25, 0.3) is 11.5 Å². The molecular weight excluding hydrogens is 204 g/mol. The fraction of sp³-hybridized carbons (Fsp3) is 0.143. The maximum atomic E-state index is 5.93. The van der Waals surface area contributed by atoms with Gasteiger partial charge in [-0.05, 0) is 0 Å². The standard InChI is InChI=1S/C7H7ClN6/c1-14-3-12-13-7(14)5-4(8)6(9)11-2-10-5/h2-3H,1H3,(H2,9,10,11). The number of aryl methyl sites for hydroxylation is 1. The number of hydrogen-bond acceptors (Lipinski definition) is 5. The molecule has 0 aliphatic heterocycles. The number of nitrogen functional groups attached to an aromatic ring is 1. The Morgan fingerprint density at radius 2 is 2.21 bits per heavy atom. The SMILES string of the molecule is Cn1cnnc1-c1ncnc(N)c1Cl. The van der Waals surface area contributed by atoms with Crippen LogP contribution in [0, 0.1) is 0 Å². The zero-order valence-electron chi connectivity index (χ0n) is 7.35. The number of nitrogens with zero attached hydrogens (tertiary/aromatic N) is 5. The van der Waals surface area contributed by atoms with Gasteiger partial charge in [-0.25, -0.2) is 9.97 Å². The molecule has 14 heavy (non-hydrogen) atoms. The number of halogens is 1. The number of hydrogen-bond donors (Lipinski definition) is 1. The summed E-state index contributed by atoms with van der Waals surface area (Å²) in [6.07, 6.45) is 2.90. The summed E-state index contributed by atoms with van der Waals surface area (Å²) in [6.45, 7) is 0. The van der Waals surface area contributed by atoms with Gasteiger partial charge in [0, 0.05) is 7.05 Å². The highest BCUT2D eigenvalue weighted by molar-refractivity contribution is 6.35. The van der Waals surface area contributed by atoms with E-state index in [-0.39, 0.29) is 5.82 Å². The Hall–Kier alpha value is -1.69. The minimum atomic E-state index is 0.236. The topological polar surface area (TPSA) is 82.5 Å². The summed E-state index contributed by atoms with van der Waals surface area (Å²) in [4.78, 5) is 7.75. The van der Waals surface area contributed by atoms with Crippen LogP contribution in [0.1, 0.15) is 0 Å². The second-order valence-corrected chi connectivity index (χ2v) is 3.06. The van der Waals surface area contributed by atoms with Crippen molar-refractivity contribution in [3.63, 3.8) is 0 Å². The van der Waals surface area contributed by atoms with Gasteiger partial charge in [0.05, 0.1) is 0 Å². The van der Waals surface area contributed by atoms with Crippen molar-refractivity contribution < 1.29 is 0 Å². The van der Waals surface area contributed by atoms with Gasteiger partial charge in [0.15, 0.2) is 5.82 Å². The third kappa shape index (κ3) is 1.29. The van der Waals surface area contributed by atoms with Crippen molar-refractivity contribution in [3.05, 3.63) is 17.7 Å². The highest BCUT2D eigenvalue weighted by atomic mass is 35.5. The van der Waals surface area contributed by atoms with Crippen molar-refractivity contribution in [3.8, 4) is 11.5 Å². The van der Waals surface area contributed by atoms with Crippen molar-refractivity contribution in [2.24, 2.45) is 7.05 Å². The molecule has 0 unspecified atom stereocenters. The number of rotatable bonds is 1. The van der Waals surface area contributed by atoms with Crippen molar-refractivity contribution in [1.29, 1.82) is 0 Å². The van der Waals surface area contributed by atoms with Crippen LogP contribution in [0.15, 0.2) is 12.7 Å². The Bertz CT molecular complexity index is 465. The molecule has 2 rings (SSSR count). The number of aromatic nitrogens is 5. The molecule has 0 radical (unpaired) electrons. The second-order valence-electron chi connectivity index (χ2n) is 2.69. The van der Waals surface area contributed by atoms with Gasteiger partial charge in [-0.2, -0.15) is 0 Å². The first-order valence-electron chi connectivity index (χ1n) is 3.80. The number of anilines is 1. The average Bonchev–Trinajstić information content (AvgIpc) is 2.57. The zero-order chi connectivity index (χ0) is 10.1. The van der Waals surface area contributed by atoms with Crippen molar-refractivity contribution in [1.82, 2.24) is 24.7 Å². The van der Waals surface area contributed by atoms with E-state index in [9.17, 15) is 0 Å². The summed E-state index contributed by atoms with van der Waals surface area (Å²) < 4.78 is 1.70. The first-order valence-corrected chi connectivity index (χ1v) is 4.18. The lowest BCUT2D eigenvalue weighted by Crippen LogP contribution is -1.99. The smallest absolute Gasteiger partial charge is 0.183 e. The highest BCUT2D eigenvalue weighted by Crippen LogP contribution is 2.26. The van der Waals surface area contributed by atoms with E-state index in [1.807, 2.05) is 0 Å². The van der Waals surface area contributed by atoms with Gasteiger partial charge in [-0.1, -0.05) is 11.6 Å². The maximum absolute atomic E-state index is 5.93. The lowest BCUT2D eigenvalue weighted by Gasteiger charge is -2.02. The molecule has 2 aromatic rings. The molecule has 72 valence electrons.